The predicted molar refractivity (Wildman–Crippen MR) is 86.1 cm³/mol. The molecule has 0 spiro atoms. The molecule has 6 heteroatoms. The summed E-state index contributed by atoms with van der Waals surface area (Å²) in [7, 11) is 0. The van der Waals surface area contributed by atoms with Crippen molar-refractivity contribution in [2.24, 2.45) is 0 Å². The molecule has 1 heterocycles. The summed E-state index contributed by atoms with van der Waals surface area (Å²) in [5, 5.41) is 10.3. The summed E-state index contributed by atoms with van der Waals surface area (Å²) in [6.07, 6.45) is 6.16. The monoisotopic (exact) mass is 342 g/mol. The summed E-state index contributed by atoms with van der Waals surface area (Å²) in [5.41, 5.74) is 1.02. The van der Waals surface area contributed by atoms with E-state index in [-0.39, 0.29) is 0 Å². The number of halogens is 2. The molecule has 0 bridgehead atoms. The topological polar surface area (TPSA) is 38.9 Å². The molecule has 21 heavy (non-hydrogen) atoms. The second kappa shape index (κ2) is 7.03. The van der Waals surface area contributed by atoms with Crippen LogP contribution in [0.15, 0.2) is 27.8 Å². The third-order valence-electron chi connectivity index (χ3n) is 3.74. The average Bonchev–Trinajstić information content (AvgIpc) is 2.96. The number of rotatable bonds is 4. The van der Waals surface area contributed by atoms with Crippen molar-refractivity contribution in [3.8, 4) is 0 Å². The fraction of sp³-hybridized carbons (Fsp3) is 0.467. The summed E-state index contributed by atoms with van der Waals surface area (Å²) in [4.78, 5) is 0. The summed E-state index contributed by atoms with van der Waals surface area (Å²) < 4.78 is 5.78. The first-order chi connectivity index (χ1) is 10.2. The first-order valence-corrected chi connectivity index (χ1v) is 8.86. The van der Waals surface area contributed by atoms with Gasteiger partial charge in [-0.2, -0.15) is 0 Å². The maximum absolute atomic E-state index is 6.16. The summed E-state index contributed by atoms with van der Waals surface area (Å²) in [5.74, 6) is 1.93. The number of aromatic nitrogens is 2. The van der Waals surface area contributed by atoms with E-state index in [1.54, 1.807) is 6.07 Å². The Morgan fingerprint density at radius 2 is 1.95 bits per heavy atom. The van der Waals surface area contributed by atoms with E-state index in [0.717, 1.165) is 24.3 Å². The minimum Gasteiger partial charge on any atom is -0.416 e. The van der Waals surface area contributed by atoms with Gasteiger partial charge in [-0.25, -0.2) is 0 Å². The highest BCUT2D eigenvalue weighted by Crippen LogP contribution is 2.34. The van der Waals surface area contributed by atoms with E-state index in [4.69, 9.17) is 27.6 Å². The normalized spacial score (nSPS) is 16.3. The van der Waals surface area contributed by atoms with E-state index in [9.17, 15) is 0 Å². The van der Waals surface area contributed by atoms with Gasteiger partial charge >= 0.3 is 0 Å². The molecule has 0 radical (unpaired) electrons. The lowest BCUT2D eigenvalue weighted by molar-refractivity contribution is 0.334. The van der Waals surface area contributed by atoms with Gasteiger partial charge in [0.05, 0.1) is 0 Å². The summed E-state index contributed by atoms with van der Waals surface area (Å²) >= 11 is 13.6. The minimum absolute atomic E-state index is 0.444. The van der Waals surface area contributed by atoms with Crippen molar-refractivity contribution in [1.29, 1.82) is 0 Å². The van der Waals surface area contributed by atoms with Crippen molar-refractivity contribution in [3.63, 3.8) is 0 Å². The Hall–Kier alpha value is -0.710. The van der Waals surface area contributed by atoms with Gasteiger partial charge in [0.1, 0.15) is 0 Å². The zero-order valence-corrected chi connectivity index (χ0v) is 13.8. The van der Waals surface area contributed by atoms with E-state index in [1.165, 1.54) is 31.0 Å². The highest BCUT2D eigenvalue weighted by molar-refractivity contribution is 7.98. The first-order valence-electron chi connectivity index (χ1n) is 7.12. The van der Waals surface area contributed by atoms with Crippen LogP contribution in [0, 0.1) is 0 Å². The van der Waals surface area contributed by atoms with Gasteiger partial charge < -0.3 is 4.42 Å². The Labute approximate surface area is 138 Å². The lowest BCUT2D eigenvalue weighted by Crippen LogP contribution is -2.04. The van der Waals surface area contributed by atoms with Crippen LogP contribution in [0.5, 0.6) is 0 Å². The Balaban J connectivity index is 1.61. The average molecular weight is 343 g/mol. The SMILES string of the molecule is Clc1ccc(CSc2nnc(C3CCCCC3)o2)c(Cl)c1. The number of hydrogen-bond acceptors (Lipinski definition) is 4. The maximum atomic E-state index is 6.16. The van der Waals surface area contributed by atoms with E-state index >= 15 is 0 Å². The summed E-state index contributed by atoms with van der Waals surface area (Å²) in [6, 6.07) is 5.51. The second-order valence-electron chi connectivity index (χ2n) is 5.27. The van der Waals surface area contributed by atoms with E-state index in [0.29, 0.717) is 26.9 Å². The van der Waals surface area contributed by atoms with E-state index < -0.39 is 0 Å². The highest BCUT2D eigenvalue weighted by Gasteiger charge is 2.21. The van der Waals surface area contributed by atoms with Gasteiger partial charge in [-0.15, -0.1) is 10.2 Å². The van der Waals surface area contributed by atoms with Gasteiger partial charge in [0, 0.05) is 21.7 Å². The lowest BCUT2D eigenvalue weighted by Gasteiger charge is -2.17. The molecule has 112 valence electrons. The molecule has 1 aliphatic carbocycles. The van der Waals surface area contributed by atoms with Crippen molar-refractivity contribution in [1.82, 2.24) is 10.2 Å². The molecule has 3 nitrogen and oxygen atoms in total. The van der Waals surface area contributed by atoms with Crippen molar-refractivity contribution in [2.75, 3.05) is 0 Å². The molecular formula is C15H16Cl2N2OS. The highest BCUT2D eigenvalue weighted by atomic mass is 35.5. The molecule has 2 aromatic rings. The van der Waals surface area contributed by atoms with Gasteiger partial charge in [-0.05, 0) is 30.5 Å². The Morgan fingerprint density at radius 1 is 1.14 bits per heavy atom. The van der Waals surface area contributed by atoms with Gasteiger partial charge in [0.25, 0.3) is 5.22 Å². The molecule has 1 fully saturated rings. The van der Waals surface area contributed by atoms with Crippen LogP contribution in [-0.4, -0.2) is 10.2 Å². The molecular weight excluding hydrogens is 327 g/mol. The minimum atomic E-state index is 0.444. The van der Waals surface area contributed by atoms with Crippen LogP contribution in [-0.2, 0) is 5.75 Å². The smallest absolute Gasteiger partial charge is 0.276 e. The van der Waals surface area contributed by atoms with Gasteiger partial charge in [0.2, 0.25) is 5.89 Å². The molecule has 1 aromatic carbocycles. The number of thioether (sulfide) groups is 1. The van der Waals surface area contributed by atoms with E-state index in [2.05, 4.69) is 10.2 Å². The fourth-order valence-electron chi connectivity index (χ4n) is 2.57. The third-order valence-corrected chi connectivity index (χ3v) is 5.20. The number of hydrogen-bond donors (Lipinski definition) is 0. The molecule has 0 aliphatic heterocycles. The fourth-order valence-corrected chi connectivity index (χ4v) is 3.90. The Bertz CT molecular complexity index is 611. The molecule has 1 aromatic heterocycles. The van der Waals surface area contributed by atoms with Crippen LogP contribution in [0.25, 0.3) is 0 Å². The van der Waals surface area contributed by atoms with E-state index in [1.807, 2.05) is 12.1 Å². The third kappa shape index (κ3) is 3.93. The largest absolute Gasteiger partial charge is 0.416 e. The van der Waals surface area contributed by atoms with Crippen molar-refractivity contribution in [3.05, 3.63) is 39.7 Å². The number of nitrogens with zero attached hydrogens (tertiary/aromatic N) is 2. The van der Waals surface area contributed by atoms with Gasteiger partial charge in [-0.3, -0.25) is 0 Å². The molecule has 0 unspecified atom stereocenters. The Kier molecular flexibility index (Phi) is 5.09. The maximum Gasteiger partial charge on any atom is 0.276 e. The second-order valence-corrected chi connectivity index (χ2v) is 7.04. The molecule has 1 aliphatic rings. The summed E-state index contributed by atoms with van der Waals surface area (Å²) in [6.45, 7) is 0. The molecule has 0 atom stereocenters. The molecule has 0 N–H and O–H groups in total. The van der Waals surface area contributed by atoms with Crippen molar-refractivity contribution in [2.45, 2.75) is 49.0 Å². The van der Waals surface area contributed by atoms with Crippen LogP contribution in [0.1, 0.15) is 49.5 Å². The van der Waals surface area contributed by atoms with Crippen LogP contribution < -0.4 is 0 Å². The predicted octanol–water partition coefficient (Wildman–Crippen LogP) is 5.72. The molecule has 3 rings (SSSR count). The van der Waals surface area contributed by atoms with Crippen LogP contribution in [0.4, 0.5) is 0 Å². The van der Waals surface area contributed by atoms with Crippen LogP contribution in [0.3, 0.4) is 0 Å². The molecule has 1 saturated carbocycles. The first kappa shape index (κ1) is 15.2. The van der Waals surface area contributed by atoms with Crippen LogP contribution >= 0.6 is 35.0 Å². The van der Waals surface area contributed by atoms with Gasteiger partial charge in [0.15, 0.2) is 0 Å². The zero-order chi connectivity index (χ0) is 14.7. The lowest BCUT2D eigenvalue weighted by atomic mass is 9.89. The van der Waals surface area contributed by atoms with Crippen molar-refractivity contribution >= 4 is 35.0 Å². The molecule has 0 saturated heterocycles. The number of benzene rings is 1. The quantitative estimate of drug-likeness (QED) is 0.666. The van der Waals surface area contributed by atoms with Gasteiger partial charge in [-0.1, -0.05) is 60.3 Å². The van der Waals surface area contributed by atoms with Crippen molar-refractivity contribution < 1.29 is 4.42 Å². The standard InChI is InChI=1S/C15H16Cl2N2OS/c16-12-7-6-11(13(17)8-12)9-21-15-19-18-14(20-15)10-4-2-1-3-5-10/h6-8,10H,1-5,9H2. The molecule has 0 amide bonds. The van der Waals surface area contributed by atoms with Crippen LogP contribution in [0.2, 0.25) is 10.0 Å². The zero-order valence-electron chi connectivity index (χ0n) is 11.5. The Morgan fingerprint density at radius 3 is 2.71 bits per heavy atom.